The van der Waals surface area contributed by atoms with E-state index in [9.17, 15) is 4.79 Å². The van der Waals surface area contributed by atoms with Crippen molar-refractivity contribution in [2.24, 2.45) is 0 Å². The number of hydrogen-bond acceptors (Lipinski definition) is 3. The van der Waals surface area contributed by atoms with Gasteiger partial charge in [-0.2, -0.15) is 0 Å². The Morgan fingerprint density at radius 3 is 1.67 bits per heavy atom. The van der Waals surface area contributed by atoms with Gasteiger partial charge in [-0.25, -0.2) is 14.1 Å². The Balaban J connectivity index is 1.47. The van der Waals surface area contributed by atoms with Gasteiger partial charge in [-0.3, -0.25) is 4.57 Å². The van der Waals surface area contributed by atoms with Gasteiger partial charge in [0, 0.05) is 25.2 Å². The Hall–Kier alpha value is -3.76. The molecular weight excluding hydrogens is 539 g/mol. The van der Waals surface area contributed by atoms with Gasteiger partial charge in [0.1, 0.15) is 0 Å². The van der Waals surface area contributed by atoms with E-state index in [1.807, 2.05) is 97.1 Å². The van der Waals surface area contributed by atoms with E-state index in [1.54, 1.807) is 12.1 Å². The van der Waals surface area contributed by atoms with Crippen LogP contribution in [0.1, 0.15) is 52.7 Å². The molecule has 3 atom stereocenters. The van der Waals surface area contributed by atoms with Crippen LogP contribution in [0.15, 0.2) is 127 Å². The zero-order valence-corrected chi connectivity index (χ0v) is 24.6. The maximum absolute atomic E-state index is 16.1. The number of nitrogens with zero attached hydrogens (tertiary/aromatic N) is 2. The first kappa shape index (κ1) is 28.4. The van der Waals surface area contributed by atoms with E-state index in [0.717, 1.165) is 42.4 Å². The van der Waals surface area contributed by atoms with E-state index in [1.165, 1.54) is 0 Å². The molecule has 5 nitrogen and oxygen atoms in total. The molecule has 1 heterocycles. The molecule has 4 aromatic rings. The summed E-state index contributed by atoms with van der Waals surface area (Å²) in [6.07, 6.45) is 7.92. The number of carbonyl (C=O) groups excluding carboxylic acids is 1. The van der Waals surface area contributed by atoms with E-state index in [2.05, 4.69) is 33.6 Å². The first-order valence-corrected chi connectivity index (χ1v) is 16.5. The fraction of sp³-hybridized carbons (Fsp3) is 0.250. The minimum absolute atomic E-state index is 0.108. The molecule has 0 amide bonds. The van der Waals surface area contributed by atoms with Gasteiger partial charge in [0.05, 0.1) is 5.56 Å². The summed E-state index contributed by atoms with van der Waals surface area (Å²) in [6.45, 7) is 1.06. The molecule has 0 spiro atoms. The smallest absolute Gasteiger partial charge is 0.339 e. The number of rotatable bonds is 9. The van der Waals surface area contributed by atoms with Crippen molar-refractivity contribution in [3.63, 3.8) is 0 Å². The predicted octanol–water partition coefficient (Wildman–Crippen LogP) is 8.41. The first-order valence-electron chi connectivity index (χ1n) is 14.8. The number of benzene rings is 4. The summed E-state index contributed by atoms with van der Waals surface area (Å²) in [5.74, 6) is -1.42. The van der Waals surface area contributed by atoms with Crippen molar-refractivity contribution < 1.29 is 14.1 Å². The fourth-order valence-electron chi connectivity index (χ4n) is 6.36. The molecule has 42 heavy (non-hydrogen) atoms. The predicted molar refractivity (Wildman–Crippen MR) is 169 cm³/mol. The Kier molecular flexibility index (Phi) is 8.81. The molecule has 0 aromatic heterocycles. The molecule has 6 rings (SSSR count). The van der Waals surface area contributed by atoms with Crippen LogP contribution in [0.25, 0.3) is 6.08 Å². The summed E-state index contributed by atoms with van der Waals surface area (Å²) in [5.41, 5.74) is 3.61. The molecule has 4 aromatic carbocycles. The topological polar surface area (TPSA) is 49.9 Å². The van der Waals surface area contributed by atoms with Crippen LogP contribution < -0.4 is 0 Å². The van der Waals surface area contributed by atoms with Gasteiger partial charge in [-0.15, -0.1) is 0 Å². The van der Waals surface area contributed by atoms with Crippen LogP contribution in [0.4, 0.5) is 0 Å². The molecule has 0 N–H and O–H groups in total. The maximum Gasteiger partial charge on any atom is 0.339 e. The van der Waals surface area contributed by atoms with E-state index in [-0.39, 0.29) is 12.1 Å². The third kappa shape index (κ3) is 6.05. The number of hydrogen-bond donors (Lipinski definition) is 0. The average Bonchev–Trinajstić information content (AvgIpc) is 3.28. The second-order valence-electron chi connectivity index (χ2n) is 11.1. The van der Waals surface area contributed by atoms with E-state index in [4.69, 9.17) is 4.74 Å². The molecule has 0 bridgehead atoms. The van der Waals surface area contributed by atoms with E-state index in [0.29, 0.717) is 18.7 Å². The molecule has 2 fully saturated rings. The van der Waals surface area contributed by atoms with Crippen LogP contribution in [0.5, 0.6) is 0 Å². The Morgan fingerprint density at radius 1 is 0.714 bits per heavy atom. The van der Waals surface area contributed by atoms with Gasteiger partial charge >= 0.3 is 5.97 Å². The Labute approximate surface area is 248 Å². The molecule has 6 heteroatoms. The van der Waals surface area contributed by atoms with Crippen LogP contribution >= 0.6 is 7.44 Å². The molecule has 214 valence electrons. The molecule has 0 radical (unpaired) electrons. The lowest BCUT2D eigenvalue weighted by atomic mass is 9.90. The van der Waals surface area contributed by atoms with Crippen LogP contribution in [0.3, 0.4) is 0 Å². The highest BCUT2D eigenvalue weighted by molar-refractivity contribution is 7.60. The molecule has 1 saturated heterocycles. The minimum Gasteiger partial charge on any atom is -0.444 e. The first-order chi connectivity index (χ1) is 20.6. The summed E-state index contributed by atoms with van der Waals surface area (Å²) < 4.78 is 26.8. The number of ether oxygens (including phenoxy) is 1. The number of esters is 1. The molecule has 1 aliphatic carbocycles. The van der Waals surface area contributed by atoms with Gasteiger partial charge in [0.25, 0.3) is 7.44 Å². The highest BCUT2D eigenvalue weighted by Gasteiger charge is 2.59. The second-order valence-corrected chi connectivity index (χ2v) is 13.8. The van der Waals surface area contributed by atoms with Crippen LogP contribution in [-0.2, 0) is 22.4 Å². The molecule has 1 saturated carbocycles. The summed E-state index contributed by atoms with van der Waals surface area (Å²) in [4.78, 5) is 13.6. The van der Waals surface area contributed by atoms with Crippen LogP contribution in [0.2, 0.25) is 0 Å². The van der Waals surface area contributed by atoms with Gasteiger partial charge in [0.15, 0.2) is 5.85 Å². The molecular formula is C36H37N2O3P. The molecule has 1 aliphatic heterocycles. The van der Waals surface area contributed by atoms with Crippen molar-refractivity contribution in [2.45, 2.75) is 56.7 Å². The monoisotopic (exact) mass is 576 g/mol. The second kappa shape index (κ2) is 13.0. The number of carbonyl (C=O) groups is 1. The summed E-state index contributed by atoms with van der Waals surface area (Å²) in [5, 5.41) is 0. The third-order valence-corrected chi connectivity index (χ3v) is 11.7. The Morgan fingerprint density at radius 2 is 1.17 bits per heavy atom. The summed E-state index contributed by atoms with van der Waals surface area (Å²) in [6, 6.07) is 39.6. The van der Waals surface area contributed by atoms with Crippen molar-refractivity contribution in [2.75, 3.05) is 0 Å². The summed E-state index contributed by atoms with van der Waals surface area (Å²) in [7, 11) is -3.51. The van der Waals surface area contributed by atoms with Gasteiger partial charge in [-0.1, -0.05) is 128 Å². The Bertz CT molecular complexity index is 1470. The third-order valence-electron chi connectivity index (χ3n) is 8.39. The van der Waals surface area contributed by atoms with Crippen molar-refractivity contribution in [1.82, 2.24) is 9.34 Å². The van der Waals surface area contributed by atoms with E-state index >= 15 is 4.57 Å². The maximum atomic E-state index is 16.1. The quantitative estimate of drug-likeness (QED) is 0.148. The van der Waals surface area contributed by atoms with Crippen molar-refractivity contribution in [3.8, 4) is 0 Å². The lowest BCUT2D eigenvalue weighted by molar-refractivity contribution is 0.0482. The average molecular weight is 577 g/mol. The van der Waals surface area contributed by atoms with E-state index < -0.39 is 19.3 Å². The fourth-order valence-corrected chi connectivity index (χ4v) is 9.90. The zero-order chi connectivity index (χ0) is 28.8. The SMILES string of the molecule is O=C(O[C@@H](C=Cc1ccccc1)P1(=O)N(Cc2ccccc2)[C@H]2CCCC[C@@H]2N1Cc1ccccc1)c1ccccc1. The highest BCUT2D eigenvalue weighted by atomic mass is 31.2. The summed E-state index contributed by atoms with van der Waals surface area (Å²) >= 11 is 0. The van der Waals surface area contributed by atoms with Gasteiger partial charge in [0.2, 0.25) is 0 Å². The highest BCUT2D eigenvalue weighted by Crippen LogP contribution is 2.68. The van der Waals surface area contributed by atoms with Gasteiger partial charge in [-0.05, 0) is 47.7 Å². The van der Waals surface area contributed by atoms with Crippen LogP contribution in [0, 0.1) is 0 Å². The largest absolute Gasteiger partial charge is 0.444 e. The lowest BCUT2D eigenvalue weighted by Gasteiger charge is -2.36. The lowest BCUT2D eigenvalue weighted by Crippen LogP contribution is -2.39. The number of fused-ring (bicyclic) bond motifs is 1. The molecule has 0 unspecified atom stereocenters. The van der Waals surface area contributed by atoms with Crippen molar-refractivity contribution in [3.05, 3.63) is 150 Å². The van der Waals surface area contributed by atoms with Gasteiger partial charge < -0.3 is 4.74 Å². The van der Waals surface area contributed by atoms with Crippen molar-refractivity contribution in [1.29, 1.82) is 0 Å². The van der Waals surface area contributed by atoms with Crippen LogP contribution in [-0.4, -0.2) is 33.2 Å². The van der Waals surface area contributed by atoms with Crippen molar-refractivity contribution >= 4 is 19.5 Å². The zero-order valence-electron chi connectivity index (χ0n) is 23.7. The standard InChI is InChI=1S/C36H37N2O3P/c39-36(32-21-11-4-12-22-32)41-35(26-25-29-15-5-1-6-16-29)42(40)37(27-30-17-7-2-8-18-30)33-23-13-14-24-34(33)38(42)28-31-19-9-3-10-20-31/h1-12,15-22,25-26,33-35H,13-14,23-24,27-28H2/t33-,34-,35+/m0/s1. The normalized spacial score (nSPS) is 21.1. The molecule has 2 aliphatic rings. The minimum atomic E-state index is -3.51.